The molecule has 0 aromatic carbocycles. The van der Waals surface area contributed by atoms with Gasteiger partial charge >= 0.3 is 0 Å². The number of allylic oxidation sites excluding steroid dienone is 1. The lowest BCUT2D eigenvalue weighted by molar-refractivity contribution is 0.734. The van der Waals surface area contributed by atoms with Crippen molar-refractivity contribution in [2.24, 2.45) is 5.92 Å². The SMILES string of the molecule is C=C1NC=CC1C(C)Cl. The molecule has 2 atom stereocenters. The normalized spacial score (nSPS) is 28.2. The van der Waals surface area contributed by atoms with Crippen LogP contribution >= 0.6 is 11.6 Å². The lowest BCUT2D eigenvalue weighted by Gasteiger charge is -2.10. The Morgan fingerprint density at radius 3 is 2.78 bits per heavy atom. The van der Waals surface area contributed by atoms with Gasteiger partial charge in [-0.1, -0.05) is 12.7 Å². The molecule has 1 nitrogen and oxygen atoms in total. The van der Waals surface area contributed by atoms with Crippen molar-refractivity contribution in [2.75, 3.05) is 0 Å². The molecule has 2 unspecified atom stereocenters. The molecule has 0 radical (unpaired) electrons. The molecule has 0 saturated carbocycles. The lowest BCUT2D eigenvalue weighted by atomic mass is 10.1. The Kier molecular flexibility index (Phi) is 1.81. The molecule has 1 rings (SSSR count). The van der Waals surface area contributed by atoms with Gasteiger partial charge in [-0.05, 0) is 13.1 Å². The van der Waals surface area contributed by atoms with Crippen molar-refractivity contribution in [3.05, 3.63) is 24.6 Å². The highest BCUT2D eigenvalue weighted by molar-refractivity contribution is 6.20. The first kappa shape index (κ1) is 6.69. The summed E-state index contributed by atoms with van der Waals surface area (Å²) >= 11 is 5.83. The molecule has 1 aliphatic rings. The van der Waals surface area contributed by atoms with Gasteiger partial charge in [-0.2, -0.15) is 0 Å². The van der Waals surface area contributed by atoms with Gasteiger partial charge in [0.15, 0.2) is 0 Å². The molecule has 1 N–H and O–H groups in total. The summed E-state index contributed by atoms with van der Waals surface area (Å²) in [6, 6.07) is 0. The third kappa shape index (κ3) is 1.28. The van der Waals surface area contributed by atoms with E-state index in [-0.39, 0.29) is 5.38 Å². The van der Waals surface area contributed by atoms with E-state index in [1.807, 2.05) is 19.2 Å². The zero-order valence-corrected chi connectivity index (χ0v) is 6.15. The van der Waals surface area contributed by atoms with Gasteiger partial charge in [-0.3, -0.25) is 0 Å². The first-order valence-corrected chi connectivity index (χ1v) is 3.41. The van der Waals surface area contributed by atoms with E-state index in [0.717, 1.165) is 5.70 Å². The van der Waals surface area contributed by atoms with E-state index in [0.29, 0.717) is 5.92 Å². The number of hydrogen-bond donors (Lipinski definition) is 1. The fourth-order valence-electron chi connectivity index (χ4n) is 0.902. The van der Waals surface area contributed by atoms with Gasteiger partial charge in [-0.25, -0.2) is 0 Å². The van der Waals surface area contributed by atoms with Crippen LogP contribution in [0.25, 0.3) is 0 Å². The molecule has 0 bridgehead atoms. The fourth-order valence-corrected chi connectivity index (χ4v) is 1.14. The van der Waals surface area contributed by atoms with Crippen molar-refractivity contribution in [1.29, 1.82) is 0 Å². The number of nitrogens with one attached hydrogen (secondary N) is 1. The Bertz CT molecular complexity index is 149. The molecule has 1 aliphatic heterocycles. The Hall–Kier alpha value is -0.430. The minimum absolute atomic E-state index is 0.142. The van der Waals surface area contributed by atoms with Crippen molar-refractivity contribution in [3.8, 4) is 0 Å². The van der Waals surface area contributed by atoms with E-state index in [4.69, 9.17) is 11.6 Å². The second-order valence-corrected chi connectivity index (χ2v) is 2.92. The van der Waals surface area contributed by atoms with Crippen molar-refractivity contribution in [3.63, 3.8) is 0 Å². The molecule has 0 aliphatic carbocycles. The van der Waals surface area contributed by atoms with Crippen molar-refractivity contribution in [1.82, 2.24) is 5.32 Å². The molecule has 0 saturated heterocycles. The Morgan fingerprint density at radius 1 is 1.89 bits per heavy atom. The van der Waals surface area contributed by atoms with Gasteiger partial charge in [0.05, 0.1) is 0 Å². The summed E-state index contributed by atoms with van der Waals surface area (Å²) in [5.41, 5.74) is 0.998. The molecule has 50 valence electrons. The van der Waals surface area contributed by atoms with Crippen molar-refractivity contribution >= 4 is 11.6 Å². The van der Waals surface area contributed by atoms with Gasteiger partial charge in [0.2, 0.25) is 0 Å². The molecule has 2 heteroatoms. The van der Waals surface area contributed by atoms with Gasteiger partial charge in [0.25, 0.3) is 0 Å². The third-order valence-electron chi connectivity index (χ3n) is 1.47. The zero-order valence-electron chi connectivity index (χ0n) is 5.39. The van der Waals surface area contributed by atoms with Crippen LogP contribution in [0.2, 0.25) is 0 Å². The summed E-state index contributed by atoms with van der Waals surface area (Å²) in [7, 11) is 0. The highest BCUT2D eigenvalue weighted by atomic mass is 35.5. The maximum atomic E-state index is 5.83. The summed E-state index contributed by atoms with van der Waals surface area (Å²) in [6.07, 6.45) is 3.91. The zero-order chi connectivity index (χ0) is 6.85. The Labute approximate surface area is 60.4 Å². The fraction of sp³-hybridized carbons (Fsp3) is 0.429. The van der Waals surface area contributed by atoms with Crippen LogP contribution in [-0.4, -0.2) is 5.38 Å². The van der Waals surface area contributed by atoms with Crippen LogP contribution in [0, 0.1) is 5.92 Å². The predicted molar refractivity (Wildman–Crippen MR) is 40.2 cm³/mol. The Morgan fingerprint density at radius 2 is 2.56 bits per heavy atom. The topological polar surface area (TPSA) is 12.0 Å². The standard InChI is InChI=1S/C7H10ClN/c1-5(8)7-3-4-9-6(7)2/h3-5,7,9H,2H2,1H3. The highest BCUT2D eigenvalue weighted by Crippen LogP contribution is 2.21. The minimum atomic E-state index is 0.142. The van der Waals surface area contributed by atoms with E-state index in [2.05, 4.69) is 11.9 Å². The number of alkyl halides is 1. The summed E-state index contributed by atoms with van der Waals surface area (Å²) in [5, 5.41) is 3.13. The first-order chi connectivity index (χ1) is 4.22. The molecule has 0 aromatic rings. The van der Waals surface area contributed by atoms with Gasteiger partial charge in [0.1, 0.15) is 0 Å². The summed E-state index contributed by atoms with van der Waals surface area (Å²) in [4.78, 5) is 0. The second kappa shape index (κ2) is 2.44. The molecule has 1 heterocycles. The van der Waals surface area contributed by atoms with Crippen LogP contribution in [-0.2, 0) is 0 Å². The highest BCUT2D eigenvalue weighted by Gasteiger charge is 2.17. The maximum Gasteiger partial charge on any atom is 0.0425 e. The molecule has 0 spiro atoms. The monoisotopic (exact) mass is 143 g/mol. The Balaban J connectivity index is 2.59. The van der Waals surface area contributed by atoms with Gasteiger partial charge in [0, 0.05) is 17.0 Å². The molecule has 0 amide bonds. The average molecular weight is 144 g/mol. The van der Waals surface area contributed by atoms with Crippen LogP contribution in [0.1, 0.15) is 6.92 Å². The van der Waals surface area contributed by atoms with Crippen LogP contribution < -0.4 is 5.32 Å². The third-order valence-corrected chi connectivity index (χ3v) is 1.74. The lowest BCUT2D eigenvalue weighted by Crippen LogP contribution is -2.12. The second-order valence-electron chi connectivity index (χ2n) is 2.23. The molecule has 0 fully saturated rings. The molecule has 0 aromatic heterocycles. The summed E-state index contributed by atoms with van der Waals surface area (Å²) in [6.45, 7) is 5.77. The van der Waals surface area contributed by atoms with E-state index in [9.17, 15) is 0 Å². The summed E-state index contributed by atoms with van der Waals surface area (Å²) in [5.74, 6) is 0.312. The predicted octanol–water partition coefficient (Wildman–Crippen LogP) is 1.86. The number of rotatable bonds is 1. The summed E-state index contributed by atoms with van der Waals surface area (Å²) < 4.78 is 0. The maximum absolute atomic E-state index is 5.83. The molecular formula is C7H10ClN. The largest absolute Gasteiger partial charge is 0.365 e. The van der Waals surface area contributed by atoms with E-state index >= 15 is 0 Å². The quantitative estimate of drug-likeness (QED) is 0.553. The van der Waals surface area contributed by atoms with Crippen molar-refractivity contribution < 1.29 is 0 Å². The molecular weight excluding hydrogens is 134 g/mol. The van der Waals surface area contributed by atoms with Gasteiger partial charge < -0.3 is 5.32 Å². The van der Waals surface area contributed by atoms with Crippen molar-refractivity contribution in [2.45, 2.75) is 12.3 Å². The number of halogens is 1. The first-order valence-electron chi connectivity index (χ1n) is 2.98. The minimum Gasteiger partial charge on any atom is -0.365 e. The van der Waals surface area contributed by atoms with Crippen LogP contribution in [0.4, 0.5) is 0 Å². The van der Waals surface area contributed by atoms with Crippen LogP contribution in [0.3, 0.4) is 0 Å². The van der Waals surface area contributed by atoms with Crippen LogP contribution in [0.15, 0.2) is 24.6 Å². The van der Waals surface area contributed by atoms with Crippen LogP contribution in [0.5, 0.6) is 0 Å². The van der Waals surface area contributed by atoms with E-state index in [1.54, 1.807) is 0 Å². The smallest absolute Gasteiger partial charge is 0.0425 e. The van der Waals surface area contributed by atoms with E-state index in [1.165, 1.54) is 0 Å². The van der Waals surface area contributed by atoms with Gasteiger partial charge in [-0.15, -0.1) is 11.6 Å². The number of hydrogen-bond acceptors (Lipinski definition) is 1. The molecule has 9 heavy (non-hydrogen) atoms. The average Bonchev–Trinajstić information content (AvgIpc) is 2.13. The van der Waals surface area contributed by atoms with E-state index < -0.39 is 0 Å².